The highest BCUT2D eigenvalue weighted by molar-refractivity contribution is 5.82. The van der Waals surface area contributed by atoms with Gasteiger partial charge in [-0.3, -0.25) is 4.98 Å². The summed E-state index contributed by atoms with van der Waals surface area (Å²) in [5.41, 5.74) is 2.04. The minimum Gasteiger partial charge on any atom is -0.378 e. The summed E-state index contributed by atoms with van der Waals surface area (Å²) in [5, 5.41) is 4.18. The molecule has 3 aromatic rings. The Morgan fingerprint density at radius 2 is 1.90 bits per heavy atom. The van der Waals surface area contributed by atoms with Gasteiger partial charge in [0.05, 0.1) is 11.6 Å². The molecule has 1 aromatic heterocycles. The number of benzene rings is 2. The van der Waals surface area contributed by atoms with E-state index in [2.05, 4.69) is 10.3 Å². The number of nitrogens with one attached hydrogen (secondary N) is 1. The molecule has 0 aliphatic carbocycles. The van der Waals surface area contributed by atoms with Gasteiger partial charge in [0.1, 0.15) is 11.6 Å². The number of pyridine rings is 1. The fraction of sp³-hybridized carbons (Fsp3) is 0.118. The molecule has 0 amide bonds. The normalized spacial score (nSPS) is 12.3. The predicted molar refractivity (Wildman–Crippen MR) is 80.1 cm³/mol. The Kier molecular flexibility index (Phi) is 3.52. The zero-order valence-electron chi connectivity index (χ0n) is 11.5. The molecule has 4 heteroatoms. The van der Waals surface area contributed by atoms with Crippen molar-refractivity contribution in [1.29, 1.82) is 0 Å². The highest BCUT2D eigenvalue weighted by Crippen LogP contribution is 2.24. The van der Waals surface area contributed by atoms with Gasteiger partial charge in [0.2, 0.25) is 0 Å². The van der Waals surface area contributed by atoms with Gasteiger partial charge in [0.15, 0.2) is 0 Å². The molecule has 1 unspecified atom stereocenters. The summed E-state index contributed by atoms with van der Waals surface area (Å²) in [7, 11) is 0. The van der Waals surface area contributed by atoms with Crippen molar-refractivity contribution < 1.29 is 8.78 Å². The Labute approximate surface area is 121 Å². The molecule has 0 aliphatic rings. The zero-order chi connectivity index (χ0) is 14.8. The van der Waals surface area contributed by atoms with Crippen LogP contribution in [0, 0.1) is 11.6 Å². The summed E-state index contributed by atoms with van der Waals surface area (Å²) in [5.74, 6) is -0.860. The molecular weight excluding hydrogens is 270 g/mol. The first-order valence-electron chi connectivity index (χ1n) is 6.70. The summed E-state index contributed by atoms with van der Waals surface area (Å²) < 4.78 is 27.0. The summed E-state index contributed by atoms with van der Waals surface area (Å²) in [6.07, 6.45) is 1.74. The predicted octanol–water partition coefficient (Wildman–Crippen LogP) is 4.69. The van der Waals surface area contributed by atoms with Crippen LogP contribution >= 0.6 is 0 Å². The van der Waals surface area contributed by atoms with Gasteiger partial charge in [0, 0.05) is 22.8 Å². The Hall–Kier alpha value is -2.49. The van der Waals surface area contributed by atoms with Gasteiger partial charge < -0.3 is 5.32 Å². The number of aromatic nitrogens is 1. The lowest BCUT2D eigenvalue weighted by molar-refractivity contribution is 0.577. The van der Waals surface area contributed by atoms with Crippen LogP contribution in [0.4, 0.5) is 14.5 Å². The maximum absolute atomic E-state index is 13.8. The number of hydrogen-bond acceptors (Lipinski definition) is 2. The third-order valence-corrected chi connectivity index (χ3v) is 3.41. The number of halogens is 2. The van der Waals surface area contributed by atoms with Gasteiger partial charge in [-0.1, -0.05) is 6.07 Å². The summed E-state index contributed by atoms with van der Waals surface area (Å²) in [6, 6.07) is 12.7. The second-order valence-corrected chi connectivity index (χ2v) is 4.94. The second-order valence-electron chi connectivity index (χ2n) is 4.94. The van der Waals surface area contributed by atoms with Crippen LogP contribution in [0.1, 0.15) is 18.5 Å². The lowest BCUT2D eigenvalue weighted by Gasteiger charge is -2.17. The van der Waals surface area contributed by atoms with Gasteiger partial charge in [-0.15, -0.1) is 0 Å². The third-order valence-electron chi connectivity index (χ3n) is 3.41. The van der Waals surface area contributed by atoms with E-state index in [1.54, 1.807) is 13.1 Å². The van der Waals surface area contributed by atoms with Gasteiger partial charge in [-0.25, -0.2) is 8.78 Å². The molecule has 1 N–H and O–H groups in total. The molecule has 21 heavy (non-hydrogen) atoms. The molecular formula is C17H14F2N2. The van der Waals surface area contributed by atoms with E-state index in [9.17, 15) is 8.78 Å². The maximum atomic E-state index is 13.8. The number of nitrogens with zero attached hydrogens (tertiary/aromatic N) is 1. The van der Waals surface area contributed by atoms with Crippen LogP contribution in [0.15, 0.2) is 54.7 Å². The van der Waals surface area contributed by atoms with Gasteiger partial charge in [-0.05, 0) is 49.4 Å². The average Bonchev–Trinajstić information content (AvgIpc) is 2.49. The van der Waals surface area contributed by atoms with E-state index in [1.807, 2.05) is 30.3 Å². The van der Waals surface area contributed by atoms with Crippen LogP contribution in [0.5, 0.6) is 0 Å². The van der Waals surface area contributed by atoms with E-state index in [-0.39, 0.29) is 6.04 Å². The van der Waals surface area contributed by atoms with Crippen LogP contribution in [-0.2, 0) is 0 Å². The summed E-state index contributed by atoms with van der Waals surface area (Å²) in [4.78, 5) is 4.25. The lowest BCUT2D eigenvalue weighted by atomic mass is 10.1. The summed E-state index contributed by atoms with van der Waals surface area (Å²) >= 11 is 0. The molecule has 106 valence electrons. The minimum atomic E-state index is -0.442. The van der Waals surface area contributed by atoms with Crippen molar-refractivity contribution in [1.82, 2.24) is 4.98 Å². The lowest BCUT2D eigenvalue weighted by Crippen LogP contribution is -2.09. The molecule has 1 atom stereocenters. The van der Waals surface area contributed by atoms with Gasteiger partial charge in [-0.2, -0.15) is 0 Å². The van der Waals surface area contributed by atoms with Crippen LogP contribution in [0.3, 0.4) is 0 Å². The molecule has 2 aromatic carbocycles. The maximum Gasteiger partial charge on any atom is 0.128 e. The molecule has 3 rings (SSSR count). The van der Waals surface area contributed by atoms with Gasteiger partial charge in [0.25, 0.3) is 0 Å². The molecule has 0 fully saturated rings. The van der Waals surface area contributed by atoms with Crippen LogP contribution in [0.25, 0.3) is 10.9 Å². The first-order chi connectivity index (χ1) is 10.1. The smallest absolute Gasteiger partial charge is 0.128 e. The zero-order valence-corrected chi connectivity index (χ0v) is 11.5. The third kappa shape index (κ3) is 2.84. The van der Waals surface area contributed by atoms with Crippen molar-refractivity contribution in [2.75, 3.05) is 5.32 Å². The summed E-state index contributed by atoms with van der Waals surface area (Å²) in [6.45, 7) is 1.80. The number of fused-ring (bicyclic) bond motifs is 1. The molecule has 0 spiro atoms. The Morgan fingerprint density at radius 3 is 2.76 bits per heavy atom. The van der Waals surface area contributed by atoms with Crippen molar-refractivity contribution in [3.63, 3.8) is 0 Å². The van der Waals surface area contributed by atoms with Crippen LogP contribution in [-0.4, -0.2) is 4.98 Å². The van der Waals surface area contributed by atoms with E-state index >= 15 is 0 Å². The van der Waals surface area contributed by atoms with E-state index in [0.717, 1.165) is 28.7 Å². The van der Waals surface area contributed by atoms with Gasteiger partial charge >= 0.3 is 0 Å². The molecule has 0 bridgehead atoms. The minimum absolute atomic E-state index is 0.307. The van der Waals surface area contributed by atoms with Crippen LogP contribution < -0.4 is 5.32 Å². The first kappa shape index (κ1) is 13.5. The Balaban J connectivity index is 1.88. The Bertz CT molecular complexity index is 787. The molecule has 0 saturated carbocycles. The van der Waals surface area contributed by atoms with E-state index in [0.29, 0.717) is 5.56 Å². The Morgan fingerprint density at radius 1 is 1.05 bits per heavy atom. The molecule has 0 radical (unpaired) electrons. The van der Waals surface area contributed by atoms with Crippen molar-refractivity contribution in [2.45, 2.75) is 13.0 Å². The number of rotatable bonds is 3. The second kappa shape index (κ2) is 5.48. The SMILES string of the molecule is CC(Nc1ccc2ncccc2c1)c1cc(F)ccc1F. The number of anilines is 1. The molecule has 0 aliphatic heterocycles. The highest BCUT2D eigenvalue weighted by atomic mass is 19.1. The monoisotopic (exact) mass is 284 g/mol. The molecule has 0 saturated heterocycles. The molecule has 2 nitrogen and oxygen atoms in total. The van der Waals surface area contributed by atoms with E-state index in [1.165, 1.54) is 6.07 Å². The van der Waals surface area contributed by atoms with Crippen molar-refractivity contribution in [3.8, 4) is 0 Å². The highest BCUT2D eigenvalue weighted by Gasteiger charge is 2.12. The quantitative estimate of drug-likeness (QED) is 0.755. The first-order valence-corrected chi connectivity index (χ1v) is 6.70. The van der Waals surface area contributed by atoms with Crippen molar-refractivity contribution in [2.24, 2.45) is 0 Å². The topological polar surface area (TPSA) is 24.9 Å². The fourth-order valence-corrected chi connectivity index (χ4v) is 2.34. The van der Waals surface area contributed by atoms with Crippen LogP contribution in [0.2, 0.25) is 0 Å². The average molecular weight is 284 g/mol. The largest absolute Gasteiger partial charge is 0.378 e. The number of hydrogen-bond donors (Lipinski definition) is 1. The van der Waals surface area contributed by atoms with E-state index < -0.39 is 11.6 Å². The fourth-order valence-electron chi connectivity index (χ4n) is 2.34. The standard InChI is InChI=1S/C17H14F2N2/c1-11(15-10-13(18)4-6-16(15)19)21-14-5-7-17-12(9-14)3-2-8-20-17/h2-11,21H,1H3. The van der Waals surface area contributed by atoms with E-state index in [4.69, 9.17) is 0 Å². The molecule has 1 heterocycles. The van der Waals surface area contributed by atoms with Crippen molar-refractivity contribution >= 4 is 16.6 Å². The van der Waals surface area contributed by atoms with Crippen molar-refractivity contribution in [3.05, 3.63) is 71.9 Å².